The molecule has 0 saturated heterocycles. The molecule has 0 radical (unpaired) electrons. The number of hydrogen-bond donors (Lipinski definition) is 1. The summed E-state index contributed by atoms with van der Waals surface area (Å²) in [7, 11) is 0. The van der Waals surface area contributed by atoms with E-state index in [2.05, 4.69) is 5.32 Å². The molecule has 1 N–H and O–H groups in total. The molecule has 1 amide bonds. The van der Waals surface area contributed by atoms with Crippen LogP contribution in [-0.4, -0.2) is 10.8 Å². The minimum atomic E-state index is -0.542. The summed E-state index contributed by atoms with van der Waals surface area (Å²) in [4.78, 5) is 35.8. The molecule has 5 rings (SSSR count). The van der Waals surface area contributed by atoms with E-state index in [1.165, 1.54) is 30.3 Å². The molecule has 0 spiro atoms. The van der Waals surface area contributed by atoms with Crippen molar-refractivity contribution in [3.63, 3.8) is 0 Å². The average Bonchev–Trinajstić information content (AvgIpc) is 3.21. The number of fused-ring (bicyclic) bond motifs is 2. The van der Waals surface area contributed by atoms with Crippen molar-refractivity contribution in [2.75, 3.05) is 5.32 Å². The number of nitro groups is 1. The lowest BCUT2D eigenvalue weighted by molar-refractivity contribution is -0.384. The predicted octanol–water partition coefficient (Wildman–Crippen LogP) is 5.93. The topological polar surface area (TPSA) is 116 Å². The Bertz CT molecular complexity index is 1630. The normalized spacial score (nSPS) is 11.1. The van der Waals surface area contributed by atoms with Crippen molar-refractivity contribution in [3.05, 3.63) is 104 Å². The number of carbonyl (C=O) groups is 1. The highest BCUT2D eigenvalue weighted by Crippen LogP contribution is 2.40. The minimum absolute atomic E-state index is 0.111. The fourth-order valence-corrected chi connectivity index (χ4v) is 3.90. The monoisotopic (exact) mass is 454 g/mol. The van der Waals surface area contributed by atoms with Gasteiger partial charge in [0.05, 0.1) is 10.6 Å². The Morgan fingerprint density at radius 2 is 1.68 bits per heavy atom. The van der Waals surface area contributed by atoms with Gasteiger partial charge in [0.25, 0.3) is 11.6 Å². The molecule has 3 aromatic carbocycles. The molecule has 2 heterocycles. The minimum Gasteiger partial charge on any atom is -0.454 e. The van der Waals surface area contributed by atoms with E-state index in [0.717, 1.165) is 12.0 Å². The van der Waals surface area contributed by atoms with E-state index in [-0.39, 0.29) is 11.3 Å². The van der Waals surface area contributed by atoms with Gasteiger partial charge in [-0.1, -0.05) is 25.1 Å². The molecule has 8 heteroatoms. The van der Waals surface area contributed by atoms with Crippen LogP contribution < -0.4 is 10.9 Å². The lowest BCUT2D eigenvalue weighted by Gasteiger charge is -2.09. The quantitative estimate of drug-likeness (QED) is 0.200. The third-order valence-corrected chi connectivity index (χ3v) is 5.63. The zero-order valence-electron chi connectivity index (χ0n) is 18.0. The standard InChI is InChI=1S/C26H18N2O6/c1-2-15-7-12-22-19(13-15)20(14-23(29)33-22)25-24(18-5-3-4-6-21(18)34-25)27-26(30)16-8-10-17(11-9-16)28(31)32/h3-14H,2H2,1H3,(H,27,30). The first-order valence-corrected chi connectivity index (χ1v) is 10.6. The van der Waals surface area contributed by atoms with E-state index in [9.17, 15) is 19.7 Å². The van der Waals surface area contributed by atoms with Crippen LogP contribution in [0.2, 0.25) is 0 Å². The molecule has 0 fully saturated rings. The molecule has 0 saturated carbocycles. The zero-order chi connectivity index (χ0) is 23.8. The van der Waals surface area contributed by atoms with Crippen LogP contribution in [0, 0.1) is 10.1 Å². The number of non-ortho nitro benzene ring substituents is 1. The van der Waals surface area contributed by atoms with Crippen molar-refractivity contribution in [2.24, 2.45) is 0 Å². The maximum atomic E-state index is 13.0. The fraction of sp³-hybridized carbons (Fsp3) is 0.0769. The Kier molecular flexibility index (Phi) is 5.18. The Morgan fingerprint density at radius 3 is 2.41 bits per heavy atom. The maximum absolute atomic E-state index is 13.0. The summed E-state index contributed by atoms with van der Waals surface area (Å²) in [5.41, 5.74) is 2.48. The van der Waals surface area contributed by atoms with Gasteiger partial charge in [-0.05, 0) is 48.4 Å². The molecule has 0 aliphatic carbocycles. The Balaban J connectivity index is 1.68. The molecule has 0 bridgehead atoms. The number of nitrogens with zero attached hydrogens (tertiary/aromatic N) is 1. The van der Waals surface area contributed by atoms with Gasteiger partial charge in [-0.2, -0.15) is 0 Å². The summed E-state index contributed by atoms with van der Waals surface area (Å²) in [6.45, 7) is 2.02. The van der Waals surface area contributed by atoms with E-state index in [4.69, 9.17) is 8.83 Å². The number of para-hydroxylation sites is 1. The van der Waals surface area contributed by atoms with Gasteiger partial charge in [0.2, 0.25) is 0 Å². The molecule has 0 unspecified atom stereocenters. The van der Waals surface area contributed by atoms with Gasteiger partial charge in [-0.15, -0.1) is 0 Å². The van der Waals surface area contributed by atoms with Crippen molar-refractivity contribution in [3.8, 4) is 11.3 Å². The largest absolute Gasteiger partial charge is 0.454 e. The van der Waals surface area contributed by atoms with Crippen molar-refractivity contribution in [1.82, 2.24) is 0 Å². The van der Waals surface area contributed by atoms with E-state index >= 15 is 0 Å². The lowest BCUT2D eigenvalue weighted by Crippen LogP contribution is -2.12. The van der Waals surface area contributed by atoms with Gasteiger partial charge in [0, 0.05) is 40.1 Å². The zero-order valence-corrected chi connectivity index (χ0v) is 18.0. The predicted molar refractivity (Wildman–Crippen MR) is 128 cm³/mol. The van der Waals surface area contributed by atoms with E-state index in [0.29, 0.717) is 38.9 Å². The number of amides is 1. The van der Waals surface area contributed by atoms with Gasteiger partial charge in [-0.25, -0.2) is 4.79 Å². The van der Waals surface area contributed by atoms with Crippen LogP contribution in [0.15, 0.2) is 86.4 Å². The Labute approximate surface area is 192 Å². The third kappa shape index (κ3) is 3.71. The number of rotatable bonds is 5. The van der Waals surface area contributed by atoms with Crippen LogP contribution in [0.5, 0.6) is 0 Å². The number of anilines is 1. The Hall–Kier alpha value is -4.72. The van der Waals surface area contributed by atoms with Gasteiger partial charge in [0.1, 0.15) is 11.2 Å². The highest BCUT2D eigenvalue weighted by Gasteiger charge is 2.22. The molecular formula is C26H18N2O6. The molecule has 0 atom stereocenters. The van der Waals surface area contributed by atoms with Gasteiger partial charge < -0.3 is 14.2 Å². The SMILES string of the molecule is CCc1ccc2oc(=O)cc(-c3oc4ccccc4c3NC(=O)c3ccc([N+](=O)[O-])cc3)c2c1. The van der Waals surface area contributed by atoms with Crippen molar-refractivity contribution < 1.29 is 18.6 Å². The first-order chi connectivity index (χ1) is 16.4. The first-order valence-electron chi connectivity index (χ1n) is 10.6. The molecular weight excluding hydrogens is 436 g/mol. The molecule has 0 aliphatic heterocycles. The number of carbonyl (C=O) groups excluding carboxylic acids is 1. The van der Waals surface area contributed by atoms with Crippen molar-refractivity contribution in [1.29, 1.82) is 0 Å². The fourth-order valence-electron chi connectivity index (χ4n) is 3.90. The van der Waals surface area contributed by atoms with Gasteiger partial charge >= 0.3 is 5.63 Å². The van der Waals surface area contributed by atoms with Crippen LogP contribution in [0.1, 0.15) is 22.8 Å². The van der Waals surface area contributed by atoms with Crippen molar-refractivity contribution in [2.45, 2.75) is 13.3 Å². The number of aryl methyl sites for hydroxylation is 1. The molecule has 34 heavy (non-hydrogen) atoms. The number of hydrogen-bond acceptors (Lipinski definition) is 6. The second-order valence-electron chi connectivity index (χ2n) is 7.72. The molecule has 8 nitrogen and oxygen atoms in total. The van der Waals surface area contributed by atoms with Gasteiger partial charge in [0.15, 0.2) is 5.76 Å². The van der Waals surface area contributed by atoms with Crippen LogP contribution >= 0.6 is 0 Å². The summed E-state index contributed by atoms with van der Waals surface area (Å²) < 4.78 is 11.5. The second-order valence-corrected chi connectivity index (χ2v) is 7.72. The summed E-state index contributed by atoms with van der Waals surface area (Å²) in [6.07, 6.45) is 0.790. The lowest BCUT2D eigenvalue weighted by atomic mass is 10.0. The van der Waals surface area contributed by atoms with Crippen LogP contribution in [0.3, 0.4) is 0 Å². The summed E-state index contributed by atoms with van der Waals surface area (Å²) in [6, 6.07) is 19.4. The molecule has 2 aromatic heterocycles. The molecule has 0 aliphatic rings. The van der Waals surface area contributed by atoms with Gasteiger partial charge in [-0.3, -0.25) is 14.9 Å². The number of nitrogens with one attached hydrogen (secondary N) is 1. The highest BCUT2D eigenvalue weighted by molar-refractivity contribution is 6.13. The summed E-state index contributed by atoms with van der Waals surface area (Å²) in [5, 5.41) is 15.1. The second kappa shape index (κ2) is 8.32. The summed E-state index contributed by atoms with van der Waals surface area (Å²) >= 11 is 0. The van der Waals surface area contributed by atoms with Crippen LogP contribution in [0.25, 0.3) is 33.3 Å². The van der Waals surface area contributed by atoms with Crippen LogP contribution in [-0.2, 0) is 6.42 Å². The van der Waals surface area contributed by atoms with Crippen molar-refractivity contribution >= 4 is 39.2 Å². The Morgan fingerprint density at radius 1 is 0.941 bits per heavy atom. The number of nitro benzene ring substituents is 1. The molecule has 168 valence electrons. The van der Waals surface area contributed by atoms with E-state index in [1.54, 1.807) is 18.2 Å². The van der Waals surface area contributed by atoms with E-state index < -0.39 is 16.5 Å². The summed E-state index contributed by atoms with van der Waals surface area (Å²) in [5.74, 6) is -0.146. The van der Waals surface area contributed by atoms with Crippen LogP contribution in [0.4, 0.5) is 11.4 Å². The number of benzene rings is 3. The average molecular weight is 454 g/mol. The molecule has 5 aromatic rings. The highest BCUT2D eigenvalue weighted by atomic mass is 16.6. The van der Waals surface area contributed by atoms with E-state index in [1.807, 2.05) is 31.2 Å². The first kappa shape index (κ1) is 21.1. The third-order valence-electron chi connectivity index (χ3n) is 5.63. The maximum Gasteiger partial charge on any atom is 0.336 e. The smallest absolute Gasteiger partial charge is 0.336 e. The number of furan rings is 1.